The second-order valence-electron chi connectivity index (χ2n) is 4.45. The summed E-state index contributed by atoms with van der Waals surface area (Å²) in [6.45, 7) is 0. The smallest absolute Gasteiger partial charge is 0.271 e. The van der Waals surface area contributed by atoms with Crippen molar-refractivity contribution in [2.24, 2.45) is 0 Å². The molecule has 0 atom stereocenters. The van der Waals surface area contributed by atoms with Gasteiger partial charge in [-0.05, 0) is 46.9 Å². The molecular formula is C15H13IN2O5. The van der Waals surface area contributed by atoms with E-state index >= 15 is 0 Å². The minimum absolute atomic E-state index is 0.134. The van der Waals surface area contributed by atoms with Crippen molar-refractivity contribution >= 4 is 39.9 Å². The lowest BCUT2D eigenvalue weighted by Gasteiger charge is -2.11. The van der Waals surface area contributed by atoms with Gasteiger partial charge in [0.2, 0.25) is 0 Å². The van der Waals surface area contributed by atoms with Crippen molar-refractivity contribution in [3.05, 3.63) is 55.6 Å². The second kappa shape index (κ2) is 7.27. The third-order valence-electron chi connectivity index (χ3n) is 3.06. The van der Waals surface area contributed by atoms with Gasteiger partial charge in [0.15, 0.2) is 0 Å². The van der Waals surface area contributed by atoms with E-state index in [1.165, 1.54) is 25.3 Å². The summed E-state index contributed by atoms with van der Waals surface area (Å²) in [5.74, 6) is 0.603. The van der Waals surface area contributed by atoms with E-state index in [2.05, 4.69) is 27.9 Å². The average molecular weight is 428 g/mol. The summed E-state index contributed by atoms with van der Waals surface area (Å²) in [5.41, 5.74) is 0.506. The number of hydrogen-bond donors (Lipinski definition) is 1. The van der Waals surface area contributed by atoms with Crippen LogP contribution in [0.3, 0.4) is 0 Å². The largest absolute Gasteiger partial charge is 0.496 e. The van der Waals surface area contributed by atoms with E-state index in [-0.39, 0.29) is 11.4 Å². The minimum atomic E-state index is -0.536. The number of anilines is 1. The molecule has 0 spiro atoms. The maximum absolute atomic E-state index is 12.3. The Morgan fingerprint density at radius 1 is 1.13 bits per heavy atom. The van der Waals surface area contributed by atoms with Crippen LogP contribution in [-0.2, 0) is 0 Å². The number of nitro groups is 1. The Hall–Kier alpha value is -2.36. The highest BCUT2D eigenvalue weighted by Gasteiger charge is 2.15. The van der Waals surface area contributed by atoms with Crippen molar-refractivity contribution in [2.45, 2.75) is 0 Å². The standard InChI is InChI=1S/C15H13IN2O5/c1-22-13-5-3-9(7-11(13)16)15(19)17-12-8-10(18(20)21)4-6-14(12)23-2/h3-8H,1-2H3,(H,17,19). The third kappa shape index (κ3) is 3.89. The fourth-order valence-electron chi connectivity index (χ4n) is 1.91. The zero-order chi connectivity index (χ0) is 17.0. The molecule has 2 rings (SSSR count). The van der Waals surface area contributed by atoms with Crippen LogP contribution in [0.2, 0.25) is 0 Å². The number of nitrogens with one attached hydrogen (secondary N) is 1. The number of nitrogens with zero attached hydrogens (tertiary/aromatic N) is 1. The van der Waals surface area contributed by atoms with E-state index in [9.17, 15) is 14.9 Å². The highest BCUT2D eigenvalue weighted by Crippen LogP contribution is 2.29. The summed E-state index contributed by atoms with van der Waals surface area (Å²) in [7, 11) is 2.97. The molecule has 0 aliphatic heterocycles. The number of halogens is 1. The van der Waals surface area contributed by atoms with E-state index in [0.717, 1.165) is 3.57 Å². The highest BCUT2D eigenvalue weighted by atomic mass is 127. The van der Waals surface area contributed by atoms with Gasteiger partial charge in [-0.25, -0.2) is 0 Å². The number of carbonyl (C=O) groups excluding carboxylic acids is 1. The highest BCUT2D eigenvalue weighted by molar-refractivity contribution is 14.1. The maximum Gasteiger partial charge on any atom is 0.271 e. The van der Waals surface area contributed by atoms with Gasteiger partial charge in [0.05, 0.1) is 28.4 Å². The molecule has 0 aliphatic carbocycles. The molecule has 23 heavy (non-hydrogen) atoms. The van der Waals surface area contributed by atoms with Crippen molar-refractivity contribution in [1.29, 1.82) is 0 Å². The quantitative estimate of drug-likeness (QED) is 0.448. The molecule has 0 aliphatic rings. The van der Waals surface area contributed by atoms with Crippen molar-refractivity contribution in [2.75, 3.05) is 19.5 Å². The Labute approximate surface area is 145 Å². The van der Waals surface area contributed by atoms with Crippen molar-refractivity contribution < 1.29 is 19.2 Å². The van der Waals surface area contributed by atoms with E-state index in [4.69, 9.17) is 9.47 Å². The Morgan fingerprint density at radius 3 is 2.35 bits per heavy atom. The number of nitro benzene ring substituents is 1. The summed E-state index contributed by atoms with van der Waals surface area (Å²) in [6.07, 6.45) is 0. The number of carbonyl (C=O) groups is 1. The van der Waals surface area contributed by atoms with Crippen LogP contribution in [0.1, 0.15) is 10.4 Å². The van der Waals surface area contributed by atoms with Crippen molar-refractivity contribution in [1.82, 2.24) is 0 Å². The van der Waals surface area contributed by atoms with Gasteiger partial charge in [0.1, 0.15) is 11.5 Å². The first-order valence-corrected chi connectivity index (χ1v) is 7.51. The Kier molecular flexibility index (Phi) is 5.37. The lowest BCUT2D eigenvalue weighted by atomic mass is 10.2. The predicted molar refractivity (Wildman–Crippen MR) is 93.3 cm³/mol. The fourth-order valence-corrected chi connectivity index (χ4v) is 2.64. The molecule has 0 fully saturated rings. The third-order valence-corrected chi connectivity index (χ3v) is 3.90. The molecule has 2 aromatic carbocycles. The zero-order valence-electron chi connectivity index (χ0n) is 12.3. The number of methoxy groups -OCH3 is 2. The van der Waals surface area contributed by atoms with Crippen LogP contribution in [0.5, 0.6) is 11.5 Å². The van der Waals surface area contributed by atoms with Gasteiger partial charge in [-0.3, -0.25) is 14.9 Å². The van der Waals surface area contributed by atoms with Crippen LogP contribution in [0.4, 0.5) is 11.4 Å². The normalized spacial score (nSPS) is 10.0. The molecule has 1 amide bonds. The number of amides is 1. The van der Waals surface area contributed by atoms with E-state index < -0.39 is 10.8 Å². The van der Waals surface area contributed by atoms with Crippen LogP contribution in [-0.4, -0.2) is 25.1 Å². The van der Waals surface area contributed by atoms with Gasteiger partial charge in [0, 0.05) is 17.7 Å². The maximum atomic E-state index is 12.3. The first-order valence-electron chi connectivity index (χ1n) is 6.43. The summed E-state index contributed by atoms with van der Waals surface area (Å²) < 4.78 is 11.0. The van der Waals surface area contributed by atoms with Crippen LogP contribution < -0.4 is 14.8 Å². The number of ether oxygens (including phenoxy) is 2. The minimum Gasteiger partial charge on any atom is -0.496 e. The molecule has 0 saturated carbocycles. The summed E-state index contributed by atoms with van der Waals surface area (Å²) in [5, 5.41) is 13.5. The predicted octanol–water partition coefficient (Wildman–Crippen LogP) is 3.47. The number of hydrogen-bond acceptors (Lipinski definition) is 5. The van der Waals surface area contributed by atoms with E-state index in [0.29, 0.717) is 17.1 Å². The topological polar surface area (TPSA) is 90.7 Å². The molecule has 0 heterocycles. The fraction of sp³-hybridized carbons (Fsp3) is 0.133. The lowest BCUT2D eigenvalue weighted by Crippen LogP contribution is -2.13. The zero-order valence-corrected chi connectivity index (χ0v) is 14.5. The first-order chi connectivity index (χ1) is 11.0. The molecule has 0 unspecified atom stereocenters. The summed E-state index contributed by atoms with van der Waals surface area (Å²) in [4.78, 5) is 22.7. The van der Waals surface area contributed by atoms with Crippen LogP contribution in [0.25, 0.3) is 0 Å². The van der Waals surface area contributed by atoms with Gasteiger partial charge < -0.3 is 14.8 Å². The van der Waals surface area contributed by atoms with Crippen molar-refractivity contribution in [3.63, 3.8) is 0 Å². The van der Waals surface area contributed by atoms with Crippen LogP contribution >= 0.6 is 22.6 Å². The molecule has 0 bridgehead atoms. The molecular weight excluding hydrogens is 415 g/mol. The van der Waals surface area contributed by atoms with E-state index in [1.807, 2.05) is 0 Å². The molecule has 0 aromatic heterocycles. The Bertz CT molecular complexity index is 764. The lowest BCUT2D eigenvalue weighted by molar-refractivity contribution is -0.384. The van der Waals surface area contributed by atoms with Gasteiger partial charge >= 0.3 is 0 Å². The Balaban J connectivity index is 2.30. The van der Waals surface area contributed by atoms with Gasteiger partial charge in [0.25, 0.3) is 11.6 Å². The van der Waals surface area contributed by atoms with Crippen molar-refractivity contribution in [3.8, 4) is 11.5 Å². The number of non-ortho nitro benzene ring substituents is 1. The first kappa shape index (κ1) is 17.0. The second-order valence-corrected chi connectivity index (χ2v) is 5.61. The van der Waals surface area contributed by atoms with Crippen LogP contribution in [0.15, 0.2) is 36.4 Å². The molecule has 2 aromatic rings. The molecule has 0 radical (unpaired) electrons. The monoisotopic (exact) mass is 428 g/mol. The summed E-state index contributed by atoms with van der Waals surface area (Å²) in [6, 6.07) is 8.96. The molecule has 8 heteroatoms. The number of benzene rings is 2. The van der Waals surface area contributed by atoms with Crippen LogP contribution in [0, 0.1) is 13.7 Å². The van der Waals surface area contributed by atoms with Gasteiger partial charge in [-0.1, -0.05) is 0 Å². The van der Waals surface area contributed by atoms with E-state index in [1.54, 1.807) is 25.3 Å². The Morgan fingerprint density at radius 2 is 1.78 bits per heavy atom. The average Bonchev–Trinajstić information content (AvgIpc) is 2.54. The molecule has 1 N–H and O–H groups in total. The van der Waals surface area contributed by atoms with Gasteiger partial charge in [-0.15, -0.1) is 0 Å². The molecule has 0 saturated heterocycles. The number of rotatable bonds is 5. The summed E-state index contributed by atoms with van der Waals surface area (Å²) >= 11 is 2.06. The molecule has 120 valence electrons. The van der Waals surface area contributed by atoms with Gasteiger partial charge in [-0.2, -0.15) is 0 Å². The molecule has 7 nitrogen and oxygen atoms in total. The SMILES string of the molecule is COc1ccc(C(=O)Nc2cc([N+](=O)[O-])ccc2OC)cc1I.